The number of aryl methyl sites for hydroxylation is 1. The molecule has 1 aromatic heterocycles. The fraction of sp³-hybridized carbons (Fsp3) is 0.542. The number of hydrogen-bond acceptors (Lipinski definition) is 5. The molecule has 0 saturated heterocycles. The van der Waals surface area contributed by atoms with Gasteiger partial charge in [-0.05, 0) is 68.3 Å². The molecule has 4 aliphatic carbocycles. The highest BCUT2D eigenvalue weighted by atomic mass is 32.1. The SMILES string of the molecule is CC(=O)Nc1nc(COC(=O)C23CC4CC(C2)CC(c2ccc(C)cc2)(C4)C3)cs1. The van der Waals surface area contributed by atoms with Crippen LogP contribution in [0.15, 0.2) is 29.6 Å². The van der Waals surface area contributed by atoms with Gasteiger partial charge in [-0.15, -0.1) is 11.3 Å². The molecule has 158 valence electrons. The first kappa shape index (κ1) is 19.7. The van der Waals surface area contributed by atoms with Crippen LogP contribution in [0.2, 0.25) is 0 Å². The third-order valence-electron chi connectivity index (χ3n) is 7.34. The van der Waals surface area contributed by atoms with Crippen LogP contribution in [0, 0.1) is 24.2 Å². The summed E-state index contributed by atoms with van der Waals surface area (Å²) in [5.41, 5.74) is 3.13. The van der Waals surface area contributed by atoms with E-state index in [-0.39, 0.29) is 29.3 Å². The van der Waals surface area contributed by atoms with Gasteiger partial charge < -0.3 is 10.1 Å². The van der Waals surface area contributed by atoms with Gasteiger partial charge in [0.15, 0.2) is 5.13 Å². The molecule has 5 nitrogen and oxygen atoms in total. The number of rotatable bonds is 5. The van der Waals surface area contributed by atoms with E-state index in [0.717, 1.165) is 19.3 Å². The molecule has 6 heteroatoms. The average Bonchev–Trinajstić information content (AvgIpc) is 3.12. The lowest BCUT2D eigenvalue weighted by molar-refractivity contribution is -0.175. The van der Waals surface area contributed by atoms with Crippen LogP contribution in [0.25, 0.3) is 0 Å². The minimum absolute atomic E-state index is 0.0536. The number of ether oxygens (including phenoxy) is 1. The van der Waals surface area contributed by atoms with E-state index < -0.39 is 0 Å². The standard InChI is InChI=1S/C24H28N2O3S/c1-15-3-5-19(6-4-15)23-8-17-7-18(9-23)11-24(10-17,14-23)21(28)29-12-20-13-30-22(26-20)25-16(2)27/h3-6,13,17-18H,7-12,14H2,1-2H3,(H,25,26,27). The zero-order valence-corrected chi connectivity index (χ0v) is 18.4. The Morgan fingerprint density at radius 3 is 2.53 bits per heavy atom. The topological polar surface area (TPSA) is 68.3 Å². The molecule has 4 aliphatic rings. The van der Waals surface area contributed by atoms with Crippen molar-refractivity contribution < 1.29 is 14.3 Å². The Morgan fingerprint density at radius 1 is 1.17 bits per heavy atom. The number of carbonyl (C=O) groups excluding carboxylic acids is 2. The Morgan fingerprint density at radius 2 is 1.87 bits per heavy atom. The first-order valence-electron chi connectivity index (χ1n) is 10.8. The van der Waals surface area contributed by atoms with Crippen molar-refractivity contribution in [1.82, 2.24) is 4.98 Å². The van der Waals surface area contributed by atoms with Gasteiger partial charge in [-0.2, -0.15) is 0 Å². The number of anilines is 1. The van der Waals surface area contributed by atoms with Crippen LogP contribution in [0.3, 0.4) is 0 Å². The minimum Gasteiger partial charge on any atom is -0.459 e. The van der Waals surface area contributed by atoms with E-state index in [1.54, 1.807) is 0 Å². The lowest BCUT2D eigenvalue weighted by Gasteiger charge is -2.61. The number of carbonyl (C=O) groups is 2. The molecule has 1 amide bonds. The van der Waals surface area contributed by atoms with Crippen molar-refractivity contribution in [2.45, 2.75) is 64.4 Å². The molecule has 1 aromatic carbocycles. The Kier molecular flexibility index (Phi) is 4.73. The number of thiazole rings is 1. The normalized spacial score (nSPS) is 31.5. The summed E-state index contributed by atoms with van der Waals surface area (Å²) in [7, 11) is 0. The zero-order chi connectivity index (χ0) is 20.9. The summed E-state index contributed by atoms with van der Waals surface area (Å²) in [5, 5.41) is 5.06. The highest BCUT2D eigenvalue weighted by Gasteiger charge is 2.61. The van der Waals surface area contributed by atoms with Crippen molar-refractivity contribution in [3.8, 4) is 0 Å². The molecule has 30 heavy (non-hydrogen) atoms. The highest BCUT2D eigenvalue weighted by molar-refractivity contribution is 7.13. The average molecular weight is 425 g/mol. The van der Waals surface area contributed by atoms with Crippen LogP contribution < -0.4 is 5.32 Å². The molecule has 4 bridgehead atoms. The van der Waals surface area contributed by atoms with Gasteiger partial charge in [-0.3, -0.25) is 9.59 Å². The summed E-state index contributed by atoms with van der Waals surface area (Å²) in [5.74, 6) is 1.03. The van der Waals surface area contributed by atoms with Crippen molar-refractivity contribution in [3.63, 3.8) is 0 Å². The maximum Gasteiger partial charge on any atom is 0.312 e. The number of aromatic nitrogens is 1. The molecule has 2 unspecified atom stereocenters. The van der Waals surface area contributed by atoms with Gasteiger partial charge in [-0.1, -0.05) is 29.8 Å². The zero-order valence-electron chi connectivity index (χ0n) is 17.6. The number of nitrogens with one attached hydrogen (secondary N) is 1. The molecular weight excluding hydrogens is 396 g/mol. The number of hydrogen-bond donors (Lipinski definition) is 1. The molecular formula is C24H28N2O3S. The Labute approximate surface area is 181 Å². The van der Waals surface area contributed by atoms with Crippen LogP contribution in [-0.4, -0.2) is 16.9 Å². The number of nitrogens with zero attached hydrogens (tertiary/aromatic N) is 1. The van der Waals surface area contributed by atoms with E-state index in [1.165, 1.54) is 48.6 Å². The van der Waals surface area contributed by atoms with E-state index >= 15 is 0 Å². The molecule has 1 heterocycles. The predicted molar refractivity (Wildman–Crippen MR) is 116 cm³/mol. The molecule has 4 saturated carbocycles. The summed E-state index contributed by atoms with van der Waals surface area (Å²) in [6, 6.07) is 8.96. The number of benzene rings is 1. The van der Waals surface area contributed by atoms with Crippen molar-refractivity contribution in [2.24, 2.45) is 17.3 Å². The monoisotopic (exact) mass is 424 g/mol. The van der Waals surface area contributed by atoms with Crippen LogP contribution >= 0.6 is 11.3 Å². The summed E-state index contributed by atoms with van der Waals surface area (Å²) in [6.45, 7) is 3.75. The summed E-state index contributed by atoms with van der Waals surface area (Å²) < 4.78 is 5.82. The molecule has 1 N–H and O–H groups in total. The van der Waals surface area contributed by atoms with E-state index in [9.17, 15) is 9.59 Å². The second-order valence-electron chi connectivity index (χ2n) is 9.79. The van der Waals surface area contributed by atoms with Gasteiger partial charge >= 0.3 is 5.97 Å². The van der Waals surface area contributed by atoms with Crippen molar-refractivity contribution in [2.75, 3.05) is 5.32 Å². The van der Waals surface area contributed by atoms with Gasteiger partial charge in [0.05, 0.1) is 11.1 Å². The highest BCUT2D eigenvalue weighted by Crippen LogP contribution is 2.66. The number of esters is 1. The van der Waals surface area contributed by atoms with Crippen LogP contribution in [0.4, 0.5) is 5.13 Å². The van der Waals surface area contributed by atoms with Gasteiger partial charge in [0.25, 0.3) is 0 Å². The van der Waals surface area contributed by atoms with E-state index in [4.69, 9.17) is 4.74 Å². The smallest absolute Gasteiger partial charge is 0.312 e. The van der Waals surface area contributed by atoms with Gasteiger partial charge in [0.2, 0.25) is 5.91 Å². The Bertz CT molecular complexity index is 967. The van der Waals surface area contributed by atoms with Crippen molar-refractivity contribution >= 4 is 28.3 Å². The maximum absolute atomic E-state index is 13.4. The van der Waals surface area contributed by atoms with Crippen molar-refractivity contribution in [1.29, 1.82) is 0 Å². The molecule has 0 spiro atoms. The number of amides is 1. The molecule has 0 aliphatic heterocycles. The van der Waals surface area contributed by atoms with E-state index in [0.29, 0.717) is 22.7 Å². The Balaban J connectivity index is 1.33. The minimum atomic E-state index is -0.356. The lowest BCUT2D eigenvalue weighted by atomic mass is 9.43. The second-order valence-corrected chi connectivity index (χ2v) is 10.6. The first-order valence-corrected chi connectivity index (χ1v) is 11.7. The van der Waals surface area contributed by atoms with Crippen molar-refractivity contribution in [3.05, 3.63) is 46.5 Å². The lowest BCUT2D eigenvalue weighted by Crippen LogP contribution is -2.57. The largest absolute Gasteiger partial charge is 0.459 e. The quantitative estimate of drug-likeness (QED) is 0.687. The van der Waals surface area contributed by atoms with Gasteiger partial charge in [0.1, 0.15) is 6.61 Å². The Hall–Kier alpha value is -2.21. The van der Waals surface area contributed by atoms with Crippen LogP contribution in [-0.2, 0) is 26.3 Å². The van der Waals surface area contributed by atoms with Crippen LogP contribution in [0.1, 0.15) is 62.3 Å². The summed E-state index contributed by atoms with van der Waals surface area (Å²) >= 11 is 1.35. The predicted octanol–water partition coefficient (Wildman–Crippen LogP) is 4.99. The fourth-order valence-electron chi connectivity index (χ4n) is 6.62. The van der Waals surface area contributed by atoms with E-state index in [1.807, 2.05) is 5.38 Å². The third-order valence-corrected chi connectivity index (χ3v) is 8.15. The van der Waals surface area contributed by atoms with Gasteiger partial charge in [0, 0.05) is 12.3 Å². The molecule has 2 atom stereocenters. The second kappa shape index (κ2) is 7.19. The van der Waals surface area contributed by atoms with Gasteiger partial charge in [-0.25, -0.2) is 4.98 Å². The van der Waals surface area contributed by atoms with E-state index in [2.05, 4.69) is 41.5 Å². The fourth-order valence-corrected chi connectivity index (χ4v) is 7.36. The third kappa shape index (κ3) is 3.45. The molecule has 2 aromatic rings. The molecule has 6 rings (SSSR count). The maximum atomic E-state index is 13.4. The van der Waals surface area contributed by atoms with Crippen LogP contribution in [0.5, 0.6) is 0 Å². The summed E-state index contributed by atoms with van der Waals surface area (Å²) in [4.78, 5) is 28.9. The molecule has 4 fully saturated rings. The molecule has 0 radical (unpaired) electrons. The first-order chi connectivity index (χ1) is 14.4. The summed E-state index contributed by atoms with van der Waals surface area (Å²) in [6.07, 6.45) is 6.49.